The van der Waals surface area contributed by atoms with Crippen molar-refractivity contribution >= 4 is 5.91 Å². The molecule has 3 heteroatoms. The van der Waals surface area contributed by atoms with Gasteiger partial charge in [0.05, 0.1) is 12.5 Å². The first-order valence-corrected chi connectivity index (χ1v) is 5.11. The third kappa shape index (κ3) is 2.51. The van der Waals surface area contributed by atoms with Crippen molar-refractivity contribution < 1.29 is 9.21 Å². The van der Waals surface area contributed by atoms with Gasteiger partial charge in [-0.25, -0.2) is 0 Å². The largest absolute Gasteiger partial charge is 0.472 e. The van der Waals surface area contributed by atoms with Crippen molar-refractivity contribution in [2.24, 2.45) is 0 Å². The van der Waals surface area contributed by atoms with E-state index in [-0.39, 0.29) is 5.91 Å². The Morgan fingerprint density at radius 3 is 2.88 bits per heavy atom. The van der Waals surface area contributed by atoms with E-state index in [1.807, 2.05) is 30.3 Å². The van der Waals surface area contributed by atoms with E-state index in [4.69, 9.17) is 4.42 Å². The van der Waals surface area contributed by atoms with Crippen molar-refractivity contribution in [3.05, 3.63) is 48.4 Å². The van der Waals surface area contributed by atoms with Gasteiger partial charge >= 0.3 is 0 Å². The topological polar surface area (TPSA) is 42.2 Å². The van der Waals surface area contributed by atoms with Gasteiger partial charge in [0.25, 0.3) is 0 Å². The highest BCUT2D eigenvalue weighted by molar-refractivity contribution is 5.73. The van der Waals surface area contributed by atoms with Gasteiger partial charge in [0.2, 0.25) is 5.91 Å². The first-order chi connectivity index (χ1) is 7.75. The van der Waals surface area contributed by atoms with Crippen molar-refractivity contribution in [3.63, 3.8) is 0 Å². The Labute approximate surface area is 94.1 Å². The Hall–Kier alpha value is -2.03. The van der Waals surface area contributed by atoms with Gasteiger partial charge in [-0.3, -0.25) is 4.79 Å². The summed E-state index contributed by atoms with van der Waals surface area (Å²) in [4.78, 5) is 10.8. The van der Waals surface area contributed by atoms with E-state index >= 15 is 0 Å². The summed E-state index contributed by atoms with van der Waals surface area (Å²) < 4.78 is 5.04. The van der Waals surface area contributed by atoms with Crippen molar-refractivity contribution in [1.82, 2.24) is 5.32 Å². The maximum absolute atomic E-state index is 10.8. The highest BCUT2D eigenvalue weighted by Gasteiger charge is 2.00. The molecule has 0 atom stereocenters. The first kappa shape index (κ1) is 10.5. The van der Waals surface area contributed by atoms with Gasteiger partial charge < -0.3 is 9.73 Å². The summed E-state index contributed by atoms with van der Waals surface area (Å²) in [6, 6.07) is 9.93. The molecule has 0 saturated carbocycles. The molecule has 0 aliphatic carbocycles. The van der Waals surface area contributed by atoms with Crippen LogP contribution in [0.5, 0.6) is 0 Å². The Morgan fingerprint density at radius 1 is 1.31 bits per heavy atom. The lowest BCUT2D eigenvalue weighted by Gasteiger charge is -2.04. The van der Waals surface area contributed by atoms with E-state index in [1.54, 1.807) is 12.5 Å². The fraction of sp³-hybridized carbons (Fsp3) is 0.154. The number of hydrogen-bond donors (Lipinski definition) is 1. The van der Waals surface area contributed by atoms with Crippen LogP contribution in [0.25, 0.3) is 11.1 Å². The number of carbonyl (C=O) groups excluding carboxylic acids is 1. The maximum atomic E-state index is 10.8. The predicted octanol–water partition coefficient (Wildman–Crippen LogP) is 2.58. The number of amides is 1. The summed E-state index contributed by atoms with van der Waals surface area (Å²) in [5.41, 5.74) is 3.22. The van der Waals surface area contributed by atoms with Crippen LogP contribution in [-0.2, 0) is 11.3 Å². The van der Waals surface area contributed by atoms with Gasteiger partial charge in [-0.2, -0.15) is 0 Å². The Bertz CT molecular complexity index is 474. The number of furan rings is 1. The predicted molar refractivity (Wildman–Crippen MR) is 61.7 cm³/mol. The third-order valence-electron chi connectivity index (χ3n) is 2.32. The molecular weight excluding hydrogens is 202 g/mol. The van der Waals surface area contributed by atoms with Crippen molar-refractivity contribution in [2.45, 2.75) is 13.5 Å². The van der Waals surface area contributed by atoms with Gasteiger partial charge in [-0.1, -0.05) is 18.2 Å². The lowest BCUT2D eigenvalue weighted by Crippen LogP contribution is -2.18. The molecule has 0 radical (unpaired) electrons. The van der Waals surface area contributed by atoms with E-state index in [2.05, 4.69) is 5.32 Å². The SMILES string of the molecule is CC(=O)NCc1cccc(-c2ccoc2)c1. The molecule has 3 nitrogen and oxygen atoms in total. The van der Waals surface area contributed by atoms with E-state index in [9.17, 15) is 4.79 Å². The van der Waals surface area contributed by atoms with Crippen LogP contribution < -0.4 is 5.32 Å². The van der Waals surface area contributed by atoms with Gasteiger partial charge in [-0.05, 0) is 23.3 Å². The molecule has 2 rings (SSSR count). The standard InChI is InChI=1S/C13H13NO2/c1-10(15)14-8-11-3-2-4-12(7-11)13-5-6-16-9-13/h2-7,9H,8H2,1H3,(H,14,15). The van der Waals surface area contributed by atoms with Gasteiger partial charge in [0.15, 0.2) is 0 Å². The van der Waals surface area contributed by atoms with Crippen LogP contribution >= 0.6 is 0 Å². The summed E-state index contributed by atoms with van der Waals surface area (Å²) in [7, 11) is 0. The Balaban J connectivity index is 2.17. The molecule has 1 heterocycles. The van der Waals surface area contributed by atoms with Crippen LogP contribution in [0.3, 0.4) is 0 Å². The summed E-state index contributed by atoms with van der Waals surface area (Å²) in [6.07, 6.45) is 3.35. The van der Waals surface area contributed by atoms with E-state index < -0.39 is 0 Å². The molecule has 82 valence electrons. The molecule has 1 aromatic heterocycles. The van der Waals surface area contributed by atoms with Crippen molar-refractivity contribution in [3.8, 4) is 11.1 Å². The zero-order valence-electron chi connectivity index (χ0n) is 9.07. The second-order valence-corrected chi connectivity index (χ2v) is 3.62. The zero-order chi connectivity index (χ0) is 11.4. The molecular formula is C13H13NO2. The summed E-state index contributed by atoms with van der Waals surface area (Å²) >= 11 is 0. The Kier molecular flexibility index (Phi) is 3.05. The van der Waals surface area contributed by atoms with Crippen LogP contribution in [0.4, 0.5) is 0 Å². The van der Waals surface area contributed by atoms with Crippen LogP contribution in [0.1, 0.15) is 12.5 Å². The molecule has 0 bridgehead atoms. The number of rotatable bonds is 3. The maximum Gasteiger partial charge on any atom is 0.217 e. The molecule has 1 amide bonds. The van der Waals surface area contributed by atoms with E-state index in [1.165, 1.54) is 6.92 Å². The molecule has 16 heavy (non-hydrogen) atoms. The van der Waals surface area contributed by atoms with Crippen LogP contribution in [0, 0.1) is 0 Å². The third-order valence-corrected chi connectivity index (χ3v) is 2.32. The Morgan fingerprint density at radius 2 is 2.19 bits per heavy atom. The molecule has 0 saturated heterocycles. The van der Waals surface area contributed by atoms with Gasteiger partial charge in [-0.15, -0.1) is 0 Å². The normalized spacial score (nSPS) is 10.1. The quantitative estimate of drug-likeness (QED) is 0.855. The minimum atomic E-state index is -0.0197. The van der Waals surface area contributed by atoms with Crippen LogP contribution in [0.15, 0.2) is 47.3 Å². The average molecular weight is 215 g/mol. The smallest absolute Gasteiger partial charge is 0.217 e. The van der Waals surface area contributed by atoms with Crippen molar-refractivity contribution in [1.29, 1.82) is 0 Å². The molecule has 0 unspecified atom stereocenters. The highest BCUT2D eigenvalue weighted by Crippen LogP contribution is 2.20. The second kappa shape index (κ2) is 4.66. The number of nitrogens with one attached hydrogen (secondary N) is 1. The zero-order valence-corrected chi connectivity index (χ0v) is 9.07. The monoisotopic (exact) mass is 215 g/mol. The van der Waals surface area contributed by atoms with E-state index in [0.29, 0.717) is 6.54 Å². The average Bonchev–Trinajstić information content (AvgIpc) is 2.80. The minimum absolute atomic E-state index is 0.0197. The lowest BCUT2D eigenvalue weighted by molar-refractivity contribution is -0.119. The summed E-state index contributed by atoms with van der Waals surface area (Å²) in [5.74, 6) is -0.0197. The molecule has 0 spiro atoms. The number of carbonyl (C=O) groups is 1. The van der Waals surface area contributed by atoms with Gasteiger partial charge in [0.1, 0.15) is 0 Å². The number of hydrogen-bond acceptors (Lipinski definition) is 2. The summed E-state index contributed by atoms with van der Waals surface area (Å²) in [6.45, 7) is 2.07. The minimum Gasteiger partial charge on any atom is -0.472 e. The van der Waals surface area contributed by atoms with Crippen LogP contribution in [-0.4, -0.2) is 5.91 Å². The van der Waals surface area contributed by atoms with Gasteiger partial charge in [0, 0.05) is 19.0 Å². The highest BCUT2D eigenvalue weighted by atomic mass is 16.3. The molecule has 0 aliphatic rings. The second-order valence-electron chi connectivity index (χ2n) is 3.62. The number of benzene rings is 1. The summed E-state index contributed by atoms with van der Waals surface area (Å²) in [5, 5.41) is 2.77. The van der Waals surface area contributed by atoms with E-state index in [0.717, 1.165) is 16.7 Å². The molecule has 1 aromatic carbocycles. The fourth-order valence-electron chi connectivity index (χ4n) is 1.52. The fourth-order valence-corrected chi connectivity index (χ4v) is 1.52. The molecule has 0 aliphatic heterocycles. The van der Waals surface area contributed by atoms with Crippen molar-refractivity contribution in [2.75, 3.05) is 0 Å². The molecule has 2 aromatic rings. The first-order valence-electron chi connectivity index (χ1n) is 5.11. The molecule has 0 fully saturated rings. The molecule has 1 N–H and O–H groups in total. The van der Waals surface area contributed by atoms with Crippen LogP contribution in [0.2, 0.25) is 0 Å². The lowest BCUT2D eigenvalue weighted by atomic mass is 10.1.